The molecule has 5 heteroatoms. The smallest absolute Gasteiger partial charge is 0.191 e. The zero-order valence-electron chi connectivity index (χ0n) is 16.5. The largest absolute Gasteiger partial charge is 0.302 e. The zero-order valence-corrected chi connectivity index (χ0v) is 17.4. The van der Waals surface area contributed by atoms with Gasteiger partial charge in [-0.25, -0.2) is 0 Å². The Bertz CT molecular complexity index is 977. The van der Waals surface area contributed by atoms with E-state index in [1.807, 2.05) is 39.0 Å². The Hall–Kier alpha value is -2.40. The van der Waals surface area contributed by atoms with Crippen LogP contribution in [0.4, 0.5) is 0 Å². The second-order valence-corrected chi connectivity index (χ2v) is 7.88. The van der Waals surface area contributed by atoms with Crippen molar-refractivity contribution in [3.8, 4) is 0 Å². The molecule has 0 atom stereocenters. The van der Waals surface area contributed by atoms with Crippen LogP contribution in [0.2, 0.25) is 0 Å². The molecular weight excluding hydrogens is 354 g/mol. The molecule has 1 aromatic heterocycles. The third-order valence-electron chi connectivity index (χ3n) is 4.91. The van der Waals surface area contributed by atoms with Crippen LogP contribution in [0, 0.1) is 27.7 Å². The Morgan fingerprint density at radius 1 is 1.04 bits per heavy atom. The van der Waals surface area contributed by atoms with E-state index < -0.39 is 0 Å². The number of aryl methyl sites for hydroxylation is 3. The minimum atomic E-state index is 0.124. The van der Waals surface area contributed by atoms with Gasteiger partial charge < -0.3 is 4.57 Å². The summed E-state index contributed by atoms with van der Waals surface area (Å²) in [6, 6.07) is 12.4. The lowest BCUT2D eigenvalue weighted by Crippen LogP contribution is -2.06. The Morgan fingerprint density at radius 2 is 1.74 bits per heavy atom. The molecule has 0 amide bonds. The van der Waals surface area contributed by atoms with E-state index in [4.69, 9.17) is 0 Å². The summed E-state index contributed by atoms with van der Waals surface area (Å²) in [5.41, 5.74) is 6.63. The van der Waals surface area contributed by atoms with Crippen molar-refractivity contribution in [3.63, 3.8) is 0 Å². The van der Waals surface area contributed by atoms with Gasteiger partial charge >= 0.3 is 0 Å². The van der Waals surface area contributed by atoms with Gasteiger partial charge in [0.15, 0.2) is 10.9 Å². The van der Waals surface area contributed by atoms with Crippen LogP contribution in [-0.4, -0.2) is 20.5 Å². The molecule has 0 aliphatic rings. The molecule has 140 valence electrons. The molecule has 0 bridgehead atoms. The third-order valence-corrected chi connectivity index (χ3v) is 5.91. The van der Waals surface area contributed by atoms with Gasteiger partial charge in [0.2, 0.25) is 0 Å². The highest BCUT2D eigenvalue weighted by Crippen LogP contribution is 2.29. The summed E-state index contributed by atoms with van der Waals surface area (Å²) in [6.45, 7) is 10.5. The fraction of sp³-hybridized carbons (Fsp3) is 0.318. The zero-order chi connectivity index (χ0) is 19.6. The highest BCUT2D eigenvalue weighted by molar-refractivity contribution is 7.98. The molecule has 0 saturated heterocycles. The van der Waals surface area contributed by atoms with E-state index >= 15 is 0 Å². The summed E-state index contributed by atoms with van der Waals surface area (Å²) in [6.07, 6.45) is 0. The van der Waals surface area contributed by atoms with Crippen LogP contribution in [0.3, 0.4) is 0 Å². The van der Waals surface area contributed by atoms with E-state index in [9.17, 15) is 4.79 Å². The van der Waals surface area contributed by atoms with Crippen molar-refractivity contribution in [2.75, 3.05) is 0 Å². The number of benzene rings is 2. The first kappa shape index (κ1) is 19.4. The second kappa shape index (κ2) is 8.09. The molecule has 2 aromatic carbocycles. The molecule has 4 nitrogen and oxygen atoms in total. The van der Waals surface area contributed by atoms with Crippen molar-refractivity contribution in [1.82, 2.24) is 14.8 Å². The Labute approximate surface area is 165 Å². The number of aromatic nitrogens is 3. The van der Waals surface area contributed by atoms with Gasteiger partial charge in [-0.2, -0.15) is 0 Å². The van der Waals surface area contributed by atoms with Gasteiger partial charge in [-0.05, 0) is 62.4 Å². The number of Topliss-reactive ketones (excluding diaryl/α,β-unsaturated/α-hetero) is 1. The lowest BCUT2D eigenvalue weighted by atomic mass is 9.92. The van der Waals surface area contributed by atoms with Gasteiger partial charge in [-0.3, -0.25) is 4.79 Å². The number of carbonyl (C=O) groups excluding carboxylic acids is 1. The maximum Gasteiger partial charge on any atom is 0.191 e. The van der Waals surface area contributed by atoms with Crippen LogP contribution < -0.4 is 0 Å². The molecule has 0 saturated carbocycles. The minimum absolute atomic E-state index is 0.124. The average Bonchev–Trinajstić information content (AvgIpc) is 2.95. The van der Waals surface area contributed by atoms with Gasteiger partial charge in [0.05, 0.1) is 6.54 Å². The van der Waals surface area contributed by atoms with Crippen LogP contribution in [0.25, 0.3) is 0 Å². The molecule has 0 spiro atoms. The SMILES string of the molecule is CC(=O)c1c(C)cc(C)c(CSc2nnc(C)n2Cc2ccccc2)c1C. The predicted octanol–water partition coefficient (Wildman–Crippen LogP) is 5.05. The predicted molar refractivity (Wildman–Crippen MR) is 111 cm³/mol. The van der Waals surface area contributed by atoms with E-state index in [-0.39, 0.29) is 5.78 Å². The van der Waals surface area contributed by atoms with E-state index in [0.717, 1.165) is 40.0 Å². The van der Waals surface area contributed by atoms with Gasteiger partial charge in [0.1, 0.15) is 5.82 Å². The monoisotopic (exact) mass is 379 g/mol. The first-order valence-corrected chi connectivity index (χ1v) is 10.0. The first-order valence-electron chi connectivity index (χ1n) is 9.05. The molecule has 0 unspecified atom stereocenters. The summed E-state index contributed by atoms with van der Waals surface area (Å²) in [7, 11) is 0. The molecule has 27 heavy (non-hydrogen) atoms. The normalized spacial score (nSPS) is 11.0. The van der Waals surface area contributed by atoms with Gasteiger partial charge in [-0.1, -0.05) is 48.2 Å². The molecule has 0 fully saturated rings. The van der Waals surface area contributed by atoms with Crippen LogP contribution in [0.5, 0.6) is 0 Å². The van der Waals surface area contributed by atoms with E-state index in [2.05, 4.69) is 39.9 Å². The number of thioether (sulfide) groups is 1. The third kappa shape index (κ3) is 4.14. The number of hydrogen-bond donors (Lipinski definition) is 0. The van der Waals surface area contributed by atoms with E-state index in [1.165, 1.54) is 16.7 Å². The second-order valence-electron chi connectivity index (χ2n) is 6.94. The Morgan fingerprint density at radius 3 is 2.41 bits per heavy atom. The highest BCUT2D eigenvalue weighted by atomic mass is 32.2. The van der Waals surface area contributed by atoms with Crippen molar-refractivity contribution in [1.29, 1.82) is 0 Å². The van der Waals surface area contributed by atoms with Crippen molar-refractivity contribution in [3.05, 3.63) is 75.6 Å². The molecule has 0 N–H and O–H groups in total. The number of hydrogen-bond acceptors (Lipinski definition) is 4. The fourth-order valence-electron chi connectivity index (χ4n) is 3.54. The first-order chi connectivity index (χ1) is 12.9. The Balaban J connectivity index is 1.86. The lowest BCUT2D eigenvalue weighted by Gasteiger charge is -2.16. The van der Waals surface area contributed by atoms with E-state index in [0.29, 0.717) is 0 Å². The summed E-state index contributed by atoms with van der Waals surface area (Å²) in [4.78, 5) is 12.1. The molecule has 0 aliphatic heterocycles. The van der Waals surface area contributed by atoms with Gasteiger partial charge in [0, 0.05) is 11.3 Å². The maximum absolute atomic E-state index is 12.1. The highest BCUT2D eigenvalue weighted by Gasteiger charge is 2.16. The summed E-state index contributed by atoms with van der Waals surface area (Å²) in [5.74, 6) is 1.80. The van der Waals surface area contributed by atoms with Crippen LogP contribution in [0.1, 0.15) is 50.9 Å². The number of nitrogens with zero attached hydrogens (tertiary/aromatic N) is 3. The molecule has 3 rings (SSSR count). The van der Waals surface area contributed by atoms with Crippen molar-refractivity contribution in [2.24, 2.45) is 0 Å². The topological polar surface area (TPSA) is 47.8 Å². The molecule has 0 radical (unpaired) electrons. The maximum atomic E-state index is 12.1. The standard InChI is InChI=1S/C22H25N3OS/c1-14-11-15(2)21(17(4)26)16(3)20(14)13-27-22-24-23-18(5)25(22)12-19-9-7-6-8-10-19/h6-11H,12-13H2,1-5H3. The van der Waals surface area contributed by atoms with Crippen LogP contribution in [0.15, 0.2) is 41.6 Å². The summed E-state index contributed by atoms with van der Waals surface area (Å²) < 4.78 is 2.14. The van der Waals surface area contributed by atoms with E-state index in [1.54, 1.807) is 18.7 Å². The molecule has 3 aromatic rings. The lowest BCUT2D eigenvalue weighted by molar-refractivity contribution is 0.101. The summed E-state index contributed by atoms with van der Waals surface area (Å²) >= 11 is 1.67. The van der Waals surface area contributed by atoms with Crippen LogP contribution >= 0.6 is 11.8 Å². The molecule has 0 aliphatic carbocycles. The van der Waals surface area contributed by atoms with Gasteiger partial charge in [-0.15, -0.1) is 10.2 Å². The fourth-order valence-corrected chi connectivity index (χ4v) is 4.71. The average molecular weight is 380 g/mol. The molecule has 1 heterocycles. The number of ketones is 1. The van der Waals surface area contributed by atoms with Crippen LogP contribution in [-0.2, 0) is 12.3 Å². The van der Waals surface area contributed by atoms with Crippen molar-refractivity contribution in [2.45, 2.75) is 52.1 Å². The minimum Gasteiger partial charge on any atom is -0.302 e. The molecular formula is C22H25N3OS. The van der Waals surface area contributed by atoms with Crippen molar-refractivity contribution < 1.29 is 4.79 Å². The quantitative estimate of drug-likeness (QED) is 0.444. The summed E-state index contributed by atoms with van der Waals surface area (Å²) in [5, 5.41) is 9.54. The number of rotatable bonds is 6. The number of carbonyl (C=O) groups is 1. The van der Waals surface area contributed by atoms with Crippen molar-refractivity contribution >= 4 is 17.5 Å². The van der Waals surface area contributed by atoms with Gasteiger partial charge in [0.25, 0.3) is 0 Å². The Kier molecular flexibility index (Phi) is 5.80.